The highest BCUT2D eigenvalue weighted by Crippen LogP contribution is 2.38. The summed E-state index contributed by atoms with van der Waals surface area (Å²) >= 11 is 0. The van der Waals surface area contributed by atoms with Gasteiger partial charge in [-0.3, -0.25) is 4.79 Å². The molecular formula is C21H31N3O2. The topological polar surface area (TPSA) is 71.3 Å². The van der Waals surface area contributed by atoms with E-state index in [9.17, 15) is 4.79 Å². The Bertz CT molecular complexity index is 794. The summed E-state index contributed by atoms with van der Waals surface area (Å²) in [4.78, 5) is 18.5. The van der Waals surface area contributed by atoms with Crippen LogP contribution in [0.5, 0.6) is 5.75 Å². The molecule has 1 aliphatic heterocycles. The molecule has 0 saturated carbocycles. The third-order valence-electron chi connectivity index (χ3n) is 5.42. The highest BCUT2D eigenvalue weighted by atomic mass is 16.5. The third-order valence-corrected chi connectivity index (χ3v) is 5.42. The second-order valence-corrected chi connectivity index (χ2v) is 8.13. The standard InChI is InChI=1S/C21H31N3O2/c1-12(2)10-18(25)24-9-8-15-16-11-14(26-5)6-7-17(16)23-20(15)21(24)19(22)13(3)4/h6-7,11-13,19,21,23H,8-10,22H2,1-5H3. The van der Waals surface area contributed by atoms with Crippen molar-refractivity contribution >= 4 is 16.8 Å². The van der Waals surface area contributed by atoms with E-state index in [2.05, 4.69) is 38.7 Å². The minimum atomic E-state index is -0.111. The largest absolute Gasteiger partial charge is 0.497 e. The van der Waals surface area contributed by atoms with E-state index in [-0.39, 0.29) is 23.9 Å². The van der Waals surface area contributed by atoms with Gasteiger partial charge in [-0.15, -0.1) is 0 Å². The monoisotopic (exact) mass is 357 g/mol. The van der Waals surface area contributed by atoms with Crippen LogP contribution in [0.1, 0.15) is 51.4 Å². The predicted molar refractivity (Wildman–Crippen MR) is 105 cm³/mol. The number of amides is 1. The first kappa shape index (κ1) is 18.8. The Balaban J connectivity index is 2.08. The smallest absolute Gasteiger partial charge is 0.223 e. The zero-order valence-corrected chi connectivity index (χ0v) is 16.5. The van der Waals surface area contributed by atoms with E-state index in [0.717, 1.165) is 23.4 Å². The summed E-state index contributed by atoms with van der Waals surface area (Å²) in [6.07, 6.45) is 1.40. The number of H-pyrrole nitrogens is 1. The Kier molecular flexibility index (Phi) is 5.28. The van der Waals surface area contributed by atoms with Gasteiger partial charge in [0, 0.05) is 35.6 Å². The van der Waals surface area contributed by atoms with E-state index in [1.54, 1.807) is 7.11 Å². The van der Waals surface area contributed by atoms with Gasteiger partial charge >= 0.3 is 0 Å². The van der Waals surface area contributed by atoms with Gasteiger partial charge in [0.15, 0.2) is 0 Å². The Labute approximate surface area is 155 Å². The molecule has 0 radical (unpaired) electrons. The van der Waals surface area contributed by atoms with Crippen LogP contribution in [0.2, 0.25) is 0 Å². The van der Waals surface area contributed by atoms with Crippen molar-refractivity contribution < 1.29 is 9.53 Å². The van der Waals surface area contributed by atoms with Crippen LogP contribution in [0.4, 0.5) is 0 Å². The number of rotatable bonds is 5. The second-order valence-electron chi connectivity index (χ2n) is 8.13. The summed E-state index contributed by atoms with van der Waals surface area (Å²) in [5, 5.41) is 1.18. The maximum absolute atomic E-state index is 12.9. The summed E-state index contributed by atoms with van der Waals surface area (Å²) < 4.78 is 5.40. The number of nitrogens with two attached hydrogens (primary N) is 1. The fraction of sp³-hybridized carbons (Fsp3) is 0.571. The fourth-order valence-electron chi connectivity index (χ4n) is 3.93. The third kappa shape index (κ3) is 3.32. The molecule has 1 aromatic carbocycles. The number of carbonyl (C=O) groups is 1. The van der Waals surface area contributed by atoms with Crippen LogP contribution in [0, 0.1) is 11.8 Å². The average Bonchev–Trinajstić information content (AvgIpc) is 2.97. The van der Waals surface area contributed by atoms with Gasteiger partial charge in [-0.05, 0) is 42.0 Å². The molecule has 3 rings (SSSR count). The summed E-state index contributed by atoms with van der Waals surface area (Å²) in [6, 6.07) is 5.87. The van der Waals surface area contributed by atoms with E-state index < -0.39 is 0 Å². The SMILES string of the molecule is COc1ccc2[nH]c3c(c2c1)CCN(C(=O)CC(C)C)C3C(N)C(C)C. The lowest BCUT2D eigenvalue weighted by Gasteiger charge is -2.40. The number of benzene rings is 1. The number of carbonyl (C=O) groups excluding carboxylic acids is 1. The summed E-state index contributed by atoms with van der Waals surface area (Å²) in [6.45, 7) is 9.12. The number of aromatic nitrogens is 1. The normalized spacial score (nSPS) is 18.5. The number of aromatic amines is 1. The first-order chi connectivity index (χ1) is 12.3. The number of nitrogens with one attached hydrogen (secondary N) is 1. The first-order valence-corrected chi connectivity index (χ1v) is 9.57. The molecule has 26 heavy (non-hydrogen) atoms. The molecule has 1 aromatic heterocycles. The van der Waals surface area contributed by atoms with E-state index in [4.69, 9.17) is 10.5 Å². The maximum Gasteiger partial charge on any atom is 0.223 e. The van der Waals surface area contributed by atoms with Crippen molar-refractivity contribution in [3.8, 4) is 5.75 Å². The molecule has 0 spiro atoms. The first-order valence-electron chi connectivity index (χ1n) is 9.57. The Hall–Kier alpha value is -2.01. The molecule has 1 amide bonds. The van der Waals surface area contributed by atoms with Gasteiger partial charge in [-0.2, -0.15) is 0 Å². The van der Waals surface area contributed by atoms with Crippen molar-refractivity contribution in [3.05, 3.63) is 29.5 Å². The number of fused-ring (bicyclic) bond motifs is 3. The highest BCUT2D eigenvalue weighted by Gasteiger charge is 2.38. The van der Waals surface area contributed by atoms with Crippen molar-refractivity contribution in [2.45, 2.75) is 52.6 Å². The van der Waals surface area contributed by atoms with Crippen LogP contribution < -0.4 is 10.5 Å². The number of ether oxygens (including phenoxy) is 1. The second kappa shape index (κ2) is 7.31. The summed E-state index contributed by atoms with van der Waals surface area (Å²) in [5.41, 5.74) is 10.1. The van der Waals surface area contributed by atoms with Crippen molar-refractivity contribution in [1.82, 2.24) is 9.88 Å². The molecule has 2 aromatic rings. The highest BCUT2D eigenvalue weighted by molar-refractivity contribution is 5.87. The van der Waals surface area contributed by atoms with Crippen LogP contribution in [0.15, 0.2) is 18.2 Å². The zero-order valence-electron chi connectivity index (χ0n) is 16.5. The van der Waals surface area contributed by atoms with Crippen LogP contribution in [-0.4, -0.2) is 35.5 Å². The molecule has 5 nitrogen and oxygen atoms in total. The molecule has 0 aliphatic carbocycles. The maximum atomic E-state index is 12.9. The van der Waals surface area contributed by atoms with Gasteiger partial charge in [0.25, 0.3) is 0 Å². The van der Waals surface area contributed by atoms with Crippen LogP contribution in [-0.2, 0) is 11.2 Å². The van der Waals surface area contributed by atoms with Crippen molar-refractivity contribution in [1.29, 1.82) is 0 Å². The lowest BCUT2D eigenvalue weighted by atomic mass is 9.87. The van der Waals surface area contributed by atoms with Gasteiger partial charge in [0.05, 0.1) is 13.2 Å². The molecule has 2 atom stereocenters. The van der Waals surface area contributed by atoms with Crippen LogP contribution in [0.25, 0.3) is 10.9 Å². The number of hydrogen-bond acceptors (Lipinski definition) is 3. The number of methoxy groups -OCH3 is 1. The van der Waals surface area contributed by atoms with Crippen molar-refractivity contribution in [3.63, 3.8) is 0 Å². The zero-order chi connectivity index (χ0) is 19.0. The fourth-order valence-corrected chi connectivity index (χ4v) is 3.93. The van der Waals surface area contributed by atoms with Gasteiger partial charge in [0.2, 0.25) is 5.91 Å². The lowest BCUT2D eigenvalue weighted by Crippen LogP contribution is -2.50. The average molecular weight is 357 g/mol. The predicted octanol–water partition coefficient (Wildman–Crippen LogP) is 3.63. The van der Waals surface area contributed by atoms with Crippen molar-refractivity contribution in [2.75, 3.05) is 13.7 Å². The quantitative estimate of drug-likeness (QED) is 0.858. The molecule has 5 heteroatoms. The molecule has 0 saturated heterocycles. The summed E-state index contributed by atoms with van der Waals surface area (Å²) in [5.74, 6) is 1.67. The van der Waals surface area contributed by atoms with E-state index in [1.165, 1.54) is 10.9 Å². The molecular weight excluding hydrogens is 326 g/mol. The Morgan fingerprint density at radius 2 is 2.08 bits per heavy atom. The van der Waals surface area contributed by atoms with Crippen LogP contribution in [0.3, 0.4) is 0 Å². The number of hydrogen-bond donors (Lipinski definition) is 2. The Morgan fingerprint density at radius 1 is 1.35 bits per heavy atom. The van der Waals surface area contributed by atoms with Gasteiger partial charge in [-0.1, -0.05) is 27.7 Å². The van der Waals surface area contributed by atoms with Gasteiger partial charge in [0.1, 0.15) is 5.75 Å². The van der Waals surface area contributed by atoms with Crippen molar-refractivity contribution in [2.24, 2.45) is 17.6 Å². The summed E-state index contributed by atoms with van der Waals surface area (Å²) in [7, 11) is 1.68. The van der Waals surface area contributed by atoms with E-state index in [0.29, 0.717) is 18.9 Å². The lowest BCUT2D eigenvalue weighted by molar-refractivity contribution is -0.135. The molecule has 142 valence electrons. The Morgan fingerprint density at radius 3 is 2.69 bits per heavy atom. The molecule has 2 unspecified atom stereocenters. The molecule has 0 fully saturated rings. The molecule has 0 bridgehead atoms. The van der Waals surface area contributed by atoms with E-state index in [1.807, 2.05) is 17.0 Å². The molecule has 3 N–H and O–H groups in total. The molecule has 1 aliphatic rings. The van der Waals surface area contributed by atoms with Crippen LogP contribution >= 0.6 is 0 Å². The van der Waals surface area contributed by atoms with Gasteiger partial charge < -0.3 is 20.4 Å². The van der Waals surface area contributed by atoms with E-state index >= 15 is 0 Å². The van der Waals surface area contributed by atoms with Gasteiger partial charge in [-0.25, -0.2) is 0 Å². The minimum Gasteiger partial charge on any atom is -0.497 e. The minimum absolute atomic E-state index is 0.108. The number of nitrogens with zero attached hydrogens (tertiary/aromatic N) is 1. The molecule has 2 heterocycles.